The summed E-state index contributed by atoms with van der Waals surface area (Å²) in [5.74, 6) is -2.83. The Hall–Kier alpha value is -4.09. The van der Waals surface area contributed by atoms with Gasteiger partial charge in [0.1, 0.15) is 16.4 Å². The number of aliphatic hydroxyl groups is 1. The summed E-state index contributed by atoms with van der Waals surface area (Å²) in [4.78, 5) is 30.8. The molecule has 0 bridgehead atoms. The van der Waals surface area contributed by atoms with Gasteiger partial charge in [0.15, 0.2) is 11.3 Å². The van der Waals surface area contributed by atoms with Gasteiger partial charge in [-0.1, -0.05) is 17.7 Å². The SMILES string of the molecule is CNCc1ccc(OC)c(C2(N3C[C@H](O)C[C@H]3C(=O)N(C)C)C(=O)N(S(=O)(=O)c3ccc(OC)cc3OC(F)(F)F)c3ccc(Cl)cc32)c1. The van der Waals surface area contributed by atoms with Crippen LogP contribution in [0.3, 0.4) is 0 Å². The Morgan fingerprint density at radius 2 is 1.78 bits per heavy atom. The summed E-state index contributed by atoms with van der Waals surface area (Å²) in [6.07, 6.45) is -6.56. The fourth-order valence-corrected chi connectivity index (χ4v) is 8.21. The smallest absolute Gasteiger partial charge is 0.497 e. The molecular formula is C32H34ClF3N4O8S. The summed E-state index contributed by atoms with van der Waals surface area (Å²) in [6, 6.07) is 10.4. The van der Waals surface area contributed by atoms with Gasteiger partial charge in [-0.25, -0.2) is 12.7 Å². The minimum absolute atomic E-state index is 0.00839. The fourth-order valence-electron chi connectivity index (χ4n) is 6.48. The van der Waals surface area contributed by atoms with E-state index in [1.165, 1.54) is 56.3 Å². The van der Waals surface area contributed by atoms with Crippen LogP contribution in [0.25, 0.3) is 0 Å². The molecule has 1 unspecified atom stereocenters. The molecule has 0 saturated carbocycles. The number of anilines is 1. The van der Waals surface area contributed by atoms with Crippen LogP contribution in [0.1, 0.15) is 23.1 Å². The second-order valence-corrected chi connectivity index (χ2v) is 13.9. The van der Waals surface area contributed by atoms with E-state index >= 15 is 4.79 Å². The molecule has 0 aliphatic carbocycles. The summed E-state index contributed by atoms with van der Waals surface area (Å²) >= 11 is 6.51. The number of sulfonamides is 1. The van der Waals surface area contributed by atoms with Crippen molar-refractivity contribution >= 4 is 39.1 Å². The highest BCUT2D eigenvalue weighted by Crippen LogP contribution is 2.55. The van der Waals surface area contributed by atoms with Gasteiger partial charge in [-0.2, -0.15) is 0 Å². The van der Waals surface area contributed by atoms with Crippen LogP contribution in [0.15, 0.2) is 59.5 Å². The van der Waals surface area contributed by atoms with Crippen LogP contribution in [0.4, 0.5) is 18.9 Å². The Morgan fingerprint density at radius 1 is 1.06 bits per heavy atom. The van der Waals surface area contributed by atoms with Gasteiger partial charge in [-0.3, -0.25) is 14.5 Å². The molecule has 2 aliphatic heterocycles. The van der Waals surface area contributed by atoms with Crippen LogP contribution >= 0.6 is 11.6 Å². The van der Waals surface area contributed by atoms with E-state index in [4.69, 9.17) is 21.1 Å². The number of carbonyl (C=O) groups is 2. The number of methoxy groups -OCH3 is 2. The molecule has 3 aromatic carbocycles. The number of β-amino-alcohol motifs (C(OH)–C–C–N with tert-alkyl or cyclic N) is 1. The number of fused-ring (bicyclic) bond motifs is 1. The van der Waals surface area contributed by atoms with Gasteiger partial charge in [-0.15, -0.1) is 13.2 Å². The van der Waals surface area contributed by atoms with E-state index in [1.54, 1.807) is 25.2 Å². The Labute approximate surface area is 285 Å². The number of halogens is 4. The number of carbonyl (C=O) groups excluding carboxylic acids is 2. The molecule has 12 nitrogen and oxygen atoms in total. The Bertz CT molecular complexity index is 1890. The molecule has 2 amide bonds. The van der Waals surface area contributed by atoms with Crippen molar-refractivity contribution in [3.8, 4) is 17.2 Å². The minimum Gasteiger partial charge on any atom is -0.497 e. The second-order valence-electron chi connectivity index (χ2n) is 11.7. The summed E-state index contributed by atoms with van der Waals surface area (Å²) in [6.45, 7) is 0.0263. The zero-order valence-electron chi connectivity index (χ0n) is 27.0. The number of alkyl halides is 3. The predicted molar refractivity (Wildman–Crippen MR) is 172 cm³/mol. The van der Waals surface area contributed by atoms with Crippen molar-refractivity contribution in [1.29, 1.82) is 0 Å². The Morgan fingerprint density at radius 3 is 2.39 bits per heavy atom. The number of aliphatic hydroxyl groups excluding tert-OH is 1. The topological polar surface area (TPSA) is 138 Å². The third kappa shape index (κ3) is 6.27. The van der Waals surface area contributed by atoms with Crippen molar-refractivity contribution < 1.29 is 50.5 Å². The van der Waals surface area contributed by atoms with Crippen LogP contribution in [-0.2, 0) is 31.7 Å². The molecule has 2 aliphatic rings. The summed E-state index contributed by atoms with van der Waals surface area (Å²) in [5.41, 5.74) is -1.72. The van der Waals surface area contributed by atoms with E-state index in [-0.39, 0.29) is 46.3 Å². The summed E-state index contributed by atoms with van der Waals surface area (Å²) < 4.78 is 85.3. The van der Waals surface area contributed by atoms with Gasteiger partial charge in [0, 0.05) is 49.4 Å². The number of nitrogens with zero attached hydrogens (tertiary/aromatic N) is 3. The molecule has 17 heteroatoms. The van der Waals surface area contributed by atoms with Crippen LogP contribution in [0.2, 0.25) is 5.02 Å². The molecule has 3 atom stereocenters. The number of benzene rings is 3. The molecule has 264 valence electrons. The van der Waals surface area contributed by atoms with Crippen molar-refractivity contribution in [1.82, 2.24) is 15.1 Å². The van der Waals surface area contributed by atoms with Gasteiger partial charge in [0.25, 0.3) is 15.9 Å². The number of amides is 2. The first-order chi connectivity index (χ1) is 23.0. The van der Waals surface area contributed by atoms with Crippen LogP contribution in [0, 0.1) is 0 Å². The van der Waals surface area contributed by atoms with E-state index in [9.17, 15) is 31.5 Å². The lowest BCUT2D eigenvalue weighted by atomic mass is 9.80. The maximum atomic E-state index is 15.4. The highest BCUT2D eigenvalue weighted by molar-refractivity contribution is 7.93. The van der Waals surface area contributed by atoms with Gasteiger partial charge in [0.05, 0.1) is 32.1 Å². The van der Waals surface area contributed by atoms with Gasteiger partial charge in [-0.05, 0) is 61.5 Å². The molecular weight excluding hydrogens is 693 g/mol. The molecule has 0 radical (unpaired) electrons. The normalized spacial score (nSPS) is 21.1. The molecule has 3 aromatic rings. The Balaban J connectivity index is 1.89. The largest absolute Gasteiger partial charge is 0.573 e. The molecule has 1 fully saturated rings. The lowest BCUT2D eigenvalue weighted by Gasteiger charge is -2.42. The van der Waals surface area contributed by atoms with Crippen LogP contribution < -0.4 is 23.8 Å². The lowest BCUT2D eigenvalue weighted by Crippen LogP contribution is -2.59. The zero-order chi connectivity index (χ0) is 36.1. The highest BCUT2D eigenvalue weighted by atomic mass is 35.5. The quantitative estimate of drug-likeness (QED) is 0.320. The third-order valence-corrected chi connectivity index (χ3v) is 10.4. The molecule has 2 N–H and O–H groups in total. The van der Waals surface area contributed by atoms with Gasteiger partial charge < -0.3 is 29.5 Å². The van der Waals surface area contributed by atoms with E-state index in [0.29, 0.717) is 16.4 Å². The maximum absolute atomic E-state index is 15.4. The first-order valence-electron chi connectivity index (χ1n) is 14.8. The number of rotatable bonds is 10. The molecule has 2 heterocycles. The van der Waals surface area contributed by atoms with E-state index < -0.39 is 56.5 Å². The zero-order valence-corrected chi connectivity index (χ0v) is 28.6. The number of likely N-dealkylation sites (N-methyl/N-ethyl adjacent to an activating group) is 1. The second kappa shape index (κ2) is 13.3. The van der Waals surface area contributed by atoms with Gasteiger partial charge in [0.2, 0.25) is 5.91 Å². The van der Waals surface area contributed by atoms with Crippen molar-refractivity contribution in [2.24, 2.45) is 0 Å². The first-order valence-corrected chi connectivity index (χ1v) is 16.6. The molecule has 1 saturated heterocycles. The Kier molecular flexibility index (Phi) is 9.84. The maximum Gasteiger partial charge on any atom is 0.573 e. The summed E-state index contributed by atoms with van der Waals surface area (Å²) in [5, 5.41) is 14.1. The number of ether oxygens (including phenoxy) is 3. The number of hydrogen-bond acceptors (Lipinski definition) is 10. The lowest BCUT2D eigenvalue weighted by molar-refractivity contribution is -0.275. The average Bonchev–Trinajstić information content (AvgIpc) is 3.54. The van der Waals surface area contributed by atoms with E-state index in [1.807, 2.05) is 0 Å². The number of nitrogens with one attached hydrogen (secondary N) is 1. The highest BCUT2D eigenvalue weighted by Gasteiger charge is 2.64. The number of likely N-dealkylation sites (tertiary alicyclic amines) is 1. The minimum atomic E-state index is -5.31. The van der Waals surface area contributed by atoms with E-state index in [0.717, 1.165) is 18.2 Å². The molecule has 0 spiro atoms. The fraction of sp³-hybridized carbons (Fsp3) is 0.375. The van der Waals surface area contributed by atoms with Crippen molar-refractivity contribution in [3.05, 3.63) is 76.3 Å². The third-order valence-electron chi connectivity index (χ3n) is 8.43. The van der Waals surface area contributed by atoms with Crippen molar-refractivity contribution in [2.45, 2.75) is 41.9 Å². The first kappa shape index (κ1) is 36.2. The average molecular weight is 727 g/mol. The monoisotopic (exact) mass is 726 g/mol. The molecule has 49 heavy (non-hydrogen) atoms. The van der Waals surface area contributed by atoms with Crippen molar-refractivity contribution in [2.75, 3.05) is 46.2 Å². The molecule has 0 aromatic heterocycles. The van der Waals surface area contributed by atoms with Crippen LogP contribution in [-0.4, -0.2) is 95.6 Å². The van der Waals surface area contributed by atoms with Gasteiger partial charge >= 0.3 is 6.36 Å². The number of hydrogen-bond donors (Lipinski definition) is 2. The van der Waals surface area contributed by atoms with Crippen LogP contribution in [0.5, 0.6) is 17.2 Å². The molecule has 5 rings (SSSR count). The summed E-state index contributed by atoms with van der Waals surface area (Å²) in [7, 11) is 1.97. The predicted octanol–water partition coefficient (Wildman–Crippen LogP) is 3.48. The van der Waals surface area contributed by atoms with E-state index in [2.05, 4.69) is 10.1 Å². The standard InChI is InChI=1S/C32H34ClF3N4O8S/c1-37-16-18-6-10-26(47-5)23(12-18)31(39-17-20(41)14-25(39)29(42)38(2)3)22-13-19(33)7-9-24(22)40(30(31)43)49(44,45)28-11-8-21(46-4)15-27(28)48-32(34,35)36/h6-13,15,20,25,37,41H,14,16-17H2,1-5H3/t20-,25+,31?/m1/s1. The van der Waals surface area contributed by atoms with Crippen molar-refractivity contribution in [3.63, 3.8) is 0 Å².